The van der Waals surface area contributed by atoms with Crippen LogP contribution in [0.15, 0.2) is 42.7 Å². The Labute approximate surface area is 254 Å². The van der Waals surface area contributed by atoms with Crippen molar-refractivity contribution in [3.63, 3.8) is 0 Å². The minimum absolute atomic E-state index is 0.166. The molecule has 6 rings (SSSR count). The molecule has 4 N–H and O–H groups in total. The number of rotatable bonds is 11. The number of carbonyl (C=O) groups is 2. The summed E-state index contributed by atoms with van der Waals surface area (Å²) < 4.78 is 17.2. The summed E-state index contributed by atoms with van der Waals surface area (Å²) >= 11 is 0. The van der Waals surface area contributed by atoms with Crippen LogP contribution in [0.2, 0.25) is 0 Å². The molecular weight excluding hydrogens is 562 g/mol. The summed E-state index contributed by atoms with van der Waals surface area (Å²) in [7, 11) is 3.00. The topological polar surface area (TPSA) is 159 Å². The lowest BCUT2D eigenvalue weighted by Gasteiger charge is -2.26. The van der Waals surface area contributed by atoms with Crippen LogP contribution < -0.4 is 25.3 Å². The fourth-order valence-electron chi connectivity index (χ4n) is 6.01. The van der Waals surface area contributed by atoms with Crippen LogP contribution in [0.5, 0.6) is 17.6 Å². The van der Waals surface area contributed by atoms with Crippen LogP contribution in [0.3, 0.4) is 0 Å². The Morgan fingerprint density at radius 3 is 2.41 bits per heavy atom. The molecule has 0 unspecified atom stereocenters. The van der Waals surface area contributed by atoms with E-state index in [4.69, 9.17) is 19.9 Å². The van der Waals surface area contributed by atoms with Crippen molar-refractivity contribution < 1.29 is 28.9 Å². The summed E-state index contributed by atoms with van der Waals surface area (Å²) in [5.41, 5.74) is 9.90. The van der Waals surface area contributed by atoms with Gasteiger partial charge in [0.1, 0.15) is 5.75 Å². The number of carboxylic acid groups (broad SMARTS) is 1. The number of hydrogen-bond acceptors (Lipinski definition) is 9. The second-order valence-electron chi connectivity index (χ2n) is 11.4. The molecule has 11 nitrogen and oxygen atoms in total. The number of fused-ring (bicyclic) bond motifs is 1. The van der Waals surface area contributed by atoms with E-state index in [1.54, 1.807) is 18.3 Å². The maximum absolute atomic E-state index is 12.7. The smallest absolute Gasteiger partial charge is 0.335 e. The number of carbonyl (C=O) groups excluding carboxylic acids is 1. The molecule has 2 saturated carbocycles. The molecule has 0 atom stereocenters. The van der Waals surface area contributed by atoms with E-state index >= 15 is 0 Å². The zero-order valence-electron chi connectivity index (χ0n) is 24.8. The zero-order valence-corrected chi connectivity index (χ0v) is 24.8. The Morgan fingerprint density at radius 1 is 0.955 bits per heavy atom. The summed E-state index contributed by atoms with van der Waals surface area (Å²) in [6, 6.07) is 9.10. The van der Waals surface area contributed by atoms with Gasteiger partial charge in [-0.2, -0.15) is 4.98 Å². The highest BCUT2D eigenvalue weighted by Crippen LogP contribution is 2.42. The third kappa shape index (κ3) is 5.82. The van der Waals surface area contributed by atoms with Gasteiger partial charge in [-0.25, -0.2) is 9.78 Å². The molecule has 0 saturated heterocycles. The first-order valence-electron chi connectivity index (χ1n) is 14.8. The highest BCUT2D eigenvalue weighted by Gasteiger charge is 2.24. The molecule has 2 fully saturated rings. The van der Waals surface area contributed by atoms with Crippen molar-refractivity contribution >= 4 is 34.2 Å². The number of benzene rings is 2. The molecule has 11 heteroatoms. The third-order valence-corrected chi connectivity index (χ3v) is 8.63. The number of aromatic nitrogens is 3. The fourth-order valence-corrected chi connectivity index (χ4v) is 6.01. The summed E-state index contributed by atoms with van der Waals surface area (Å²) in [4.78, 5) is 37.9. The molecule has 44 heavy (non-hydrogen) atoms. The molecule has 1 amide bonds. The molecule has 0 radical (unpaired) electrons. The van der Waals surface area contributed by atoms with Crippen LogP contribution in [0.4, 0.5) is 11.4 Å². The third-order valence-electron chi connectivity index (χ3n) is 8.63. The second-order valence-corrected chi connectivity index (χ2v) is 11.4. The van der Waals surface area contributed by atoms with Gasteiger partial charge in [0.15, 0.2) is 0 Å². The van der Waals surface area contributed by atoms with Crippen molar-refractivity contribution in [2.24, 2.45) is 11.7 Å². The molecule has 0 bridgehead atoms. The Morgan fingerprint density at radius 2 is 1.75 bits per heavy atom. The maximum atomic E-state index is 12.7. The van der Waals surface area contributed by atoms with Gasteiger partial charge < -0.3 is 30.4 Å². The van der Waals surface area contributed by atoms with Crippen molar-refractivity contribution in [2.75, 3.05) is 26.1 Å². The van der Waals surface area contributed by atoms with Gasteiger partial charge in [0.2, 0.25) is 5.88 Å². The fraction of sp³-hybridized carbons (Fsp3) is 0.364. The van der Waals surface area contributed by atoms with E-state index in [9.17, 15) is 14.7 Å². The number of hydrogen-bond donors (Lipinski definition) is 3. The van der Waals surface area contributed by atoms with E-state index < -0.39 is 11.9 Å². The van der Waals surface area contributed by atoms with E-state index in [0.717, 1.165) is 44.1 Å². The van der Waals surface area contributed by atoms with Crippen LogP contribution >= 0.6 is 0 Å². The van der Waals surface area contributed by atoms with E-state index in [-0.39, 0.29) is 23.1 Å². The predicted molar refractivity (Wildman–Crippen MR) is 165 cm³/mol. The summed E-state index contributed by atoms with van der Waals surface area (Å²) in [5, 5.41) is 13.8. The first-order chi connectivity index (χ1) is 21.3. The van der Waals surface area contributed by atoms with Crippen molar-refractivity contribution in [3.8, 4) is 28.8 Å². The van der Waals surface area contributed by atoms with E-state index in [1.807, 2.05) is 18.2 Å². The second kappa shape index (κ2) is 12.4. The monoisotopic (exact) mass is 597 g/mol. The molecule has 2 heterocycles. The largest absolute Gasteiger partial charge is 0.493 e. The van der Waals surface area contributed by atoms with Crippen molar-refractivity contribution in [1.29, 1.82) is 0 Å². The van der Waals surface area contributed by atoms with Crippen LogP contribution in [-0.2, 0) is 0 Å². The Kier molecular flexibility index (Phi) is 8.19. The number of primary amides is 1. The maximum Gasteiger partial charge on any atom is 0.335 e. The average molecular weight is 598 g/mol. The summed E-state index contributed by atoms with van der Waals surface area (Å²) in [6.07, 6.45) is 10.7. The van der Waals surface area contributed by atoms with Crippen LogP contribution in [-0.4, -0.2) is 52.8 Å². The molecular formula is C33H35N5O6. The van der Waals surface area contributed by atoms with E-state index in [1.165, 1.54) is 26.8 Å². The average Bonchev–Trinajstić information content (AvgIpc) is 3.55. The lowest BCUT2D eigenvalue weighted by atomic mass is 9.86. The number of anilines is 2. The first-order valence-corrected chi connectivity index (χ1v) is 14.8. The molecule has 0 spiro atoms. The van der Waals surface area contributed by atoms with Gasteiger partial charge in [0.25, 0.3) is 5.91 Å². The van der Waals surface area contributed by atoms with Crippen LogP contribution in [0.1, 0.15) is 77.1 Å². The number of nitrogens with one attached hydrogen (secondary N) is 1. The number of ether oxygens (including phenoxy) is 3. The Hall–Kier alpha value is -4.93. The van der Waals surface area contributed by atoms with Gasteiger partial charge in [-0.1, -0.05) is 19.3 Å². The lowest BCUT2D eigenvalue weighted by molar-refractivity contribution is 0.0696. The van der Waals surface area contributed by atoms with Gasteiger partial charge in [0.05, 0.1) is 48.7 Å². The van der Waals surface area contributed by atoms with Gasteiger partial charge in [-0.05, 0) is 73.4 Å². The standard InChI is InChI=1S/C33H35N5O6/c1-42-31-25(15-36-33(38-31)43-2)23-13-27-24(14-28(23)44-17-18-6-5-7-18)29(26(16-35-27)30(34)39)37-22-11-20(19-8-3-4-9-19)10-21(12-22)32(40)41/h10-16,18-19H,3-9,17H2,1-2H3,(H2,34,39)(H,35,37)(H,40,41). The lowest BCUT2D eigenvalue weighted by Crippen LogP contribution is -2.19. The molecule has 228 valence electrons. The number of carboxylic acids is 1. The van der Waals surface area contributed by atoms with E-state index in [0.29, 0.717) is 57.6 Å². The number of nitrogens with zero attached hydrogens (tertiary/aromatic N) is 3. The highest BCUT2D eigenvalue weighted by atomic mass is 16.5. The van der Waals surface area contributed by atoms with Crippen molar-refractivity contribution in [2.45, 2.75) is 50.9 Å². The minimum Gasteiger partial charge on any atom is -0.493 e. The Balaban J connectivity index is 1.51. The molecule has 2 aromatic carbocycles. The highest BCUT2D eigenvalue weighted by molar-refractivity contribution is 6.09. The molecule has 2 aromatic heterocycles. The predicted octanol–water partition coefficient (Wildman–Crippen LogP) is 6.09. The number of methoxy groups -OCH3 is 2. The molecule has 4 aromatic rings. The van der Waals surface area contributed by atoms with Crippen molar-refractivity contribution in [3.05, 3.63) is 59.4 Å². The molecule has 0 aliphatic heterocycles. The van der Waals surface area contributed by atoms with Gasteiger partial charge in [0, 0.05) is 29.0 Å². The van der Waals surface area contributed by atoms with Crippen LogP contribution in [0.25, 0.3) is 22.0 Å². The normalized spacial score (nSPS) is 15.1. The first kappa shape index (κ1) is 29.2. The van der Waals surface area contributed by atoms with Gasteiger partial charge in [-0.15, -0.1) is 0 Å². The zero-order chi connectivity index (χ0) is 30.8. The summed E-state index contributed by atoms with van der Waals surface area (Å²) in [5.74, 6) is -0.105. The molecule has 2 aliphatic carbocycles. The SMILES string of the molecule is COc1ncc(-c2cc3ncc(C(N)=O)c(Nc4cc(C(=O)O)cc(C5CCCC5)c4)c3cc2OCC2CCC2)c(OC)n1. The molecule has 2 aliphatic rings. The van der Waals surface area contributed by atoms with Gasteiger partial charge in [-0.3, -0.25) is 9.78 Å². The van der Waals surface area contributed by atoms with Crippen molar-refractivity contribution in [1.82, 2.24) is 15.0 Å². The number of nitrogens with two attached hydrogens (primary N) is 1. The number of amides is 1. The quantitative estimate of drug-likeness (QED) is 0.185. The van der Waals surface area contributed by atoms with E-state index in [2.05, 4.69) is 20.3 Å². The number of aromatic carboxylic acids is 1. The van der Waals surface area contributed by atoms with Gasteiger partial charge >= 0.3 is 12.0 Å². The summed E-state index contributed by atoms with van der Waals surface area (Å²) in [6.45, 7) is 0.523. The van der Waals surface area contributed by atoms with Crippen LogP contribution in [0, 0.1) is 5.92 Å². The minimum atomic E-state index is -1.02. The number of pyridine rings is 1. The Bertz CT molecular complexity index is 1730.